The van der Waals surface area contributed by atoms with E-state index >= 15 is 0 Å². The van der Waals surface area contributed by atoms with Gasteiger partial charge in [0.1, 0.15) is 5.60 Å². The first-order valence-electron chi connectivity index (χ1n) is 6.08. The maximum atomic E-state index is 12.0. The number of ether oxygens (including phenoxy) is 1. The average molecular weight is 294 g/mol. The molecule has 0 aliphatic rings. The van der Waals surface area contributed by atoms with Crippen LogP contribution in [0.2, 0.25) is 0 Å². The third-order valence-electron chi connectivity index (χ3n) is 1.66. The number of phosphoric acid groups is 1. The minimum Gasteiger partial charge on any atom is -0.457 e. The number of hydrogen-bond donors (Lipinski definition) is 0. The van der Waals surface area contributed by atoms with Crippen LogP contribution >= 0.6 is 7.82 Å². The van der Waals surface area contributed by atoms with Crippen molar-refractivity contribution in [3.8, 4) is 0 Å². The van der Waals surface area contributed by atoms with Crippen molar-refractivity contribution < 1.29 is 27.7 Å². The molecule has 0 aromatic rings. The Morgan fingerprint density at radius 1 is 1.11 bits per heavy atom. The molecule has 0 fully saturated rings. The largest absolute Gasteiger partial charge is 0.475 e. The van der Waals surface area contributed by atoms with E-state index in [4.69, 9.17) is 18.3 Å². The molecule has 0 heterocycles. The lowest BCUT2D eigenvalue weighted by molar-refractivity contribution is -0.150. The summed E-state index contributed by atoms with van der Waals surface area (Å²) in [7, 11) is -3.63. The molecule has 0 atom stereocenters. The minimum atomic E-state index is -3.63. The highest BCUT2D eigenvalue weighted by molar-refractivity contribution is 7.48. The number of esters is 1. The fourth-order valence-electron chi connectivity index (χ4n) is 0.994. The van der Waals surface area contributed by atoms with Crippen LogP contribution in [0.3, 0.4) is 0 Å². The van der Waals surface area contributed by atoms with Crippen molar-refractivity contribution in [3.05, 3.63) is 12.2 Å². The van der Waals surface area contributed by atoms with Gasteiger partial charge in [0.2, 0.25) is 0 Å². The zero-order chi connectivity index (χ0) is 15.1. The standard InChI is InChI=1S/C12H23O6P/c1-7-15-19(14,16-8-2)17-9-10(3)11(13)18-12(4,5)6/h3,7-9H2,1-2,4-6H3. The molecule has 0 N–H and O–H groups in total. The fraction of sp³-hybridized carbons (Fsp3) is 0.750. The molecule has 7 heteroatoms. The Balaban J connectivity index is 4.41. The normalized spacial score (nSPS) is 12.3. The van der Waals surface area contributed by atoms with Crippen molar-refractivity contribution in [2.24, 2.45) is 0 Å². The number of hydrogen-bond acceptors (Lipinski definition) is 6. The molecule has 19 heavy (non-hydrogen) atoms. The van der Waals surface area contributed by atoms with Gasteiger partial charge in [-0.15, -0.1) is 0 Å². The van der Waals surface area contributed by atoms with Crippen molar-refractivity contribution in [2.75, 3.05) is 19.8 Å². The summed E-state index contributed by atoms with van der Waals surface area (Å²) in [5.41, 5.74) is -0.571. The van der Waals surface area contributed by atoms with Gasteiger partial charge in [0, 0.05) is 0 Å². The second-order valence-corrected chi connectivity index (χ2v) is 6.33. The monoisotopic (exact) mass is 294 g/mol. The molecule has 0 aromatic heterocycles. The van der Waals surface area contributed by atoms with Gasteiger partial charge in [0.25, 0.3) is 0 Å². The van der Waals surface area contributed by atoms with Crippen LogP contribution in [0.5, 0.6) is 0 Å². The van der Waals surface area contributed by atoms with Gasteiger partial charge in [-0.2, -0.15) is 0 Å². The Bertz CT molecular complexity index is 348. The van der Waals surface area contributed by atoms with Crippen LogP contribution in [-0.2, 0) is 27.7 Å². The number of carbonyl (C=O) groups excluding carboxylic acids is 1. The summed E-state index contributed by atoms with van der Waals surface area (Å²) in [5.74, 6) is -0.605. The summed E-state index contributed by atoms with van der Waals surface area (Å²) >= 11 is 0. The van der Waals surface area contributed by atoms with Gasteiger partial charge < -0.3 is 4.74 Å². The Labute approximate surface area is 114 Å². The first-order chi connectivity index (χ1) is 8.63. The summed E-state index contributed by atoms with van der Waals surface area (Å²) in [6, 6.07) is 0. The molecule has 0 aromatic carbocycles. The maximum Gasteiger partial charge on any atom is 0.475 e. The van der Waals surface area contributed by atoms with Crippen molar-refractivity contribution >= 4 is 13.8 Å². The van der Waals surface area contributed by atoms with Gasteiger partial charge in [-0.3, -0.25) is 13.6 Å². The molecule has 6 nitrogen and oxygen atoms in total. The molecular formula is C12H23O6P. The fourth-order valence-corrected chi connectivity index (χ4v) is 2.16. The van der Waals surface area contributed by atoms with Crippen LogP contribution in [-0.4, -0.2) is 31.4 Å². The zero-order valence-electron chi connectivity index (χ0n) is 12.2. The first-order valence-corrected chi connectivity index (χ1v) is 7.54. The van der Waals surface area contributed by atoms with Gasteiger partial charge in [-0.05, 0) is 34.6 Å². The molecular weight excluding hydrogens is 271 g/mol. The third-order valence-corrected chi connectivity index (χ3v) is 3.25. The highest BCUT2D eigenvalue weighted by Gasteiger charge is 2.27. The van der Waals surface area contributed by atoms with Crippen LogP contribution in [0.25, 0.3) is 0 Å². The van der Waals surface area contributed by atoms with Crippen molar-refractivity contribution in [1.82, 2.24) is 0 Å². The van der Waals surface area contributed by atoms with Crippen LogP contribution in [0.4, 0.5) is 0 Å². The van der Waals surface area contributed by atoms with E-state index in [1.54, 1.807) is 34.6 Å². The summed E-state index contributed by atoms with van der Waals surface area (Å²) in [6.45, 7) is 12.2. The average Bonchev–Trinajstić information content (AvgIpc) is 2.24. The quantitative estimate of drug-likeness (QED) is 0.389. The second-order valence-electron chi connectivity index (χ2n) is 4.66. The molecule has 0 aliphatic heterocycles. The van der Waals surface area contributed by atoms with Gasteiger partial charge in [0.05, 0.1) is 25.4 Å². The molecule has 0 saturated carbocycles. The van der Waals surface area contributed by atoms with E-state index < -0.39 is 19.4 Å². The van der Waals surface area contributed by atoms with Crippen LogP contribution in [0.1, 0.15) is 34.6 Å². The van der Waals surface area contributed by atoms with E-state index in [1.807, 2.05) is 0 Å². The molecule has 0 bridgehead atoms. The number of rotatable bonds is 8. The van der Waals surface area contributed by atoms with Crippen molar-refractivity contribution in [2.45, 2.75) is 40.2 Å². The maximum absolute atomic E-state index is 12.0. The molecule has 112 valence electrons. The smallest absolute Gasteiger partial charge is 0.457 e. The lowest BCUT2D eigenvalue weighted by Gasteiger charge is -2.21. The lowest BCUT2D eigenvalue weighted by Crippen LogP contribution is -2.25. The van der Waals surface area contributed by atoms with Crippen LogP contribution < -0.4 is 0 Å². The van der Waals surface area contributed by atoms with Gasteiger partial charge in [0.15, 0.2) is 0 Å². The van der Waals surface area contributed by atoms with E-state index in [0.717, 1.165) is 0 Å². The van der Waals surface area contributed by atoms with E-state index in [0.29, 0.717) is 0 Å². The topological polar surface area (TPSA) is 71.1 Å². The number of phosphoric ester groups is 1. The van der Waals surface area contributed by atoms with Gasteiger partial charge in [-0.25, -0.2) is 9.36 Å². The van der Waals surface area contributed by atoms with Crippen molar-refractivity contribution in [3.63, 3.8) is 0 Å². The van der Waals surface area contributed by atoms with Crippen LogP contribution in [0, 0.1) is 0 Å². The second kappa shape index (κ2) is 7.80. The molecule has 0 radical (unpaired) electrons. The predicted octanol–water partition coefficient (Wildman–Crippen LogP) is 3.08. The van der Waals surface area contributed by atoms with Gasteiger partial charge in [-0.1, -0.05) is 6.58 Å². The summed E-state index contributed by atoms with van der Waals surface area (Å²) in [5, 5.41) is 0. The third kappa shape index (κ3) is 8.16. The van der Waals surface area contributed by atoms with Crippen LogP contribution in [0.15, 0.2) is 12.2 Å². The Kier molecular flexibility index (Phi) is 7.52. The zero-order valence-corrected chi connectivity index (χ0v) is 13.1. The highest BCUT2D eigenvalue weighted by atomic mass is 31.2. The summed E-state index contributed by atoms with van der Waals surface area (Å²) in [4.78, 5) is 11.6. The lowest BCUT2D eigenvalue weighted by atomic mass is 10.2. The summed E-state index contributed by atoms with van der Waals surface area (Å²) in [6.07, 6.45) is 0. The van der Waals surface area contributed by atoms with E-state index in [-0.39, 0.29) is 25.4 Å². The Hall–Kier alpha value is -0.680. The Morgan fingerprint density at radius 3 is 1.95 bits per heavy atom. The van der Waals surface area contributed by atoms with E-state index in [2.05, 4.69) is 6.58 Å². The number of carbonyl (C=O) groups is 1. The predicted molar refractivity (Wildman–Crippen MR) is 71.8 cm³/mol. The molecule has 0 unspecified atom stereocenters. The highest BCUT2D eigenvalue weighted by Crippen LogP contribution is 2.49. The molecule has 0 aliphatic carbocycles. The minimum absolute atomic E-state index is 0.0505. The molecule has 0 amide bonds. The summed E-state index contributed by atoms with van der Waals surface area (Å²) < 4.78 is 31.9. The van der Waals surface area contributed by atoms with Crippen molar-refractivity contribution in [1.29, 1.82) is 0 Å². The Morgan fingerprint density at radius 2 is 1.58 bits per heavy atom. The molecule has 0 rings (SSSR count). The first kappa shape index (κ1) is 18.3. The van der Waals surface area contributed by atoms with E-state index in [9.17, 15) is 9.36 Å². The SMILES string of the molecule is C=C(COP(=O)(OCC)OCC)C(=O)OC(C)(C)C. The molecule has 0 saturated heterocycles. The molecule has 0 spiro atoms. The van der Waals surface area contributed by atoms with E-state index in [1.165, 1.54) is 0 Å². The van der Waals surface area contributed by atoms with Gasteiger partial charge >= 0.3 is 13.8 Å².